The lowest BCUT2D eigenvalue weighted by Crippen LogP contribution is -2.48. The summed E-state index contributed by atoms with van der Waals surface area (Å²) in [6.45, 7) is 8.88. The number of allylic oxidation sites excluding steroid dienone is 1. The van der Waals surface area contributed by atoms with Crippen LogP contribution in [0, 0.1) is 0 Å². The number of fused-ring (bicyclic) bond motifs is 1. The van der Waals surface area contributed by atoms with E-state index < -0.39 is 0 Å². The Kier molecular flexibility index (Phi) is 6.34. The number of piperazine rings is 1. The van der Waals surface area contributed by atoms with Crippen molar-refractivity contribution in [3.8, 4) is 11.5 Å². The first-order chi connectivity index (χ1) is 16.5. The van der Waals surface area contributed by atoms with Crippen LogP contribution in [0.25, 0.3) is 11.1 Å². The Bertz CT molecular complexity index is 1190. The average Bonchev–Trinajstić information content (AvgIpc) is 2.88. The molecule has 0 radical (unpaired) electrons. The van der Waals surface area contributed by atoms with Crippen LogP contribution in [0.5, 0.6) is 11.5 Å². The second-order valence-corrected chi connectivity index (χ2v) is 9.56. The SMILES string of the molecule is COc1ccc2c(c1)C(c1ccc(N3CCN(C(C)C)CC3)cc1)=C(c1ccccc1O)CC2. The van der Waals surface area contributed by atoms with Crippen LogP contribution in [0.4, 0.5) is 5.69 Å². The third-order valence-electron chi connectivity index (χ3n) is 7.33. The molecule has 0 atom stereocenters. The standard InChI is InChI=1S/C30H34N2O2/c1-21(2)31-16-18-32(19-17-31)24-12-8-23(9-13-24)30-27(26-6-4-5-7-29(26)33)15-11-22-10-14-25(34-3)20-28(22)30/h4-10,12-14,20-21,33H,11,15-19H2,1-3H3. The number of phenolic OH excluding ortho intramolecular Hbond substituents is 1. The largest absolute Gasteiger partial charge is 0.507 e. The lowest BCUT2D eigenvalue weighted by atomic mass is 9.79. The van der Waals surface area contributed by atoms with E-state index in [1.807, 2.05) is 24.3 Å². The number of para-hydroxylation sites is 1. The van der Waals surface area contributed by atoms with E-state index in [0.717, 1.165) is 50.3 Å². The van der Waals surface area contributed by atoms with Gasteiger partial charge in [0.05, 0.1) is 7.11 Å². The minimum absolute atomic E-state index is 0.334. The van der Waals surface area contributed by atoms with Crippen molar-refractivity contribution in [1.82, 2.24) is 4.90 Å². The van der Waals surface area contributed by atoms with Crippen molar-refractivity contribution < 1.29 is 9.84 Å². The Morgan fingerprint density at radius 3 is 2.24 bits per heavy atom. The van der Waals surface area contributed by atoms with Crippen molar-refractivity contribution in [2.24, 2.45) is 0 Å². The first kappa shape index (κ1) is 22.5. The third-order valence-corrected chi connectivity index (χ3v) is 7.33. The van der Waals surface area contributed by atoms with Gasteiger partial charge in [-0.25, -0.2) is 0 Å². The summed E-state index contributed by atoms with van der Waals surface area (Å²) in [5, 5.41) is 10.7. The van der Waals surface area contributed by atoms with Gasteiger partial charge >= 0.3 is 0 Å². The van der Waals surface area contributed by atoms with E-state index in [0.29, 0.717) is 11.8 Å². The molecule has 0 amide bonds. The number of methoxy groups -OCH3 is 1. The van der Waals surface area contributed by atoms with E-state index >= 15 is 0 Å². The summed E-state index contributed by atoms with van der Waals surface area (Å²) in [4.78, 5) is 5.03. The van der Waals surface area contributed by atoms with E-state index in [1.165, 1.54) is 33.5 Å². The van der Waals surface area contributed by atoms with Gasteiger partial charge in [-0.1, -0.05) is 36.4 Å². The topological polar surface area (TPSA) is 35.9 Å². The Morgan fingerprint density at radius 2 is 1.56 bits per heavy atom. The molecule has 0 unspecified atom stereocenters. The molecule has 1 fully saturated rings. The summed E-state index contributed by atoms with van der Waals surface area (Å²) >= 11 is 0. The highest BCUT2D eigenvalue weighted by Crippen LogP contribution is 2.44. The molecular formula is C30H34N2O2. The van der Waals surface area contributed by atoms with Crippen LogP contribution in [0.1, 0.15) is 42.5 Å². The van der Waals surface area contributed by atoms with Gasteiger partial charge in [-0.15, -0.1) is 0 Å². The molecule has 34 heavy (non-hydrogen) atoms. The molecule has 176 valence electrons. The van der Waals surface area contributed by atoms with E-state index in [1.54, 1.807) is 13.2 Å². The van der Waals surface area contributed by atoms with Crippen molar-refractivity contribution in [1.29, 1.82) is 0 Å². The molecule has 4 heteroatoms. The Labute approximate surface area is 203 Å². The highest BCUT2D eigenvalue weighted by molar-refractivity contribution is 6.02. The smallest absolute Gasteiger partial charge is 0.123 e. The molecule has 0 bridgehead atoms. The molecule has 1 N–H and O–H groups in total. The summed E-state index contributed by atoms with van der Waals surface area (Å²) < 4.78 is 5.57. The number of hydrogen-bond acceptors (Lipinski definition) is 4. The molecule has 0 spiro atoms. The quantitative estimate of drug-likeness (QED) is 0.526. The molecule has 1 aliphatic carbocycles. The second-order valence-electron chi connectivity index (χ2n) is 9.56. The van der Waals surface area contributed by atoms with Gasteiger partial charge in [0.1, 0.15) is 11.5 Å². The summed E-state index contributed by atoms with van der Waals surface area (Å²) in [6.07, 6.45) is 1.84. The molecule has 5 rings (SSSR count). The molecule has 0 saturated carbocycles. The fraction of sp³-hybridized carbons (Fsp3) is 0.333. The minimum Gasteiger partial charge on any atom is -0.507 e. The van der Waals surface area contributed by atoms with E-state index in [9.17, 15) is 5.11 Å². The number of aryl methyl sites for hydroxylation is 1. The molecule has 3 aromatic rings. The maximum atomic E-state index is 10.7. The zero-order valence-corrected chi connectivity index (χ0v) is 20.4. The normalized spacial score (nSPS) is 16.6. The Balaban J connectivity index is 1.55. The van der Waals surface area contributed by atoms with Crippen LogP contribution in [-0.4, -0.2) is 49.3 Å². The number of nitrogens with zero attached hydrogens (tertiary/aromatic N) is 2. The number of hydrogen-bond donors (Lipinski definition) is 1. The Hall–Kier alpha value is -3.24. The van der Waals surface area contributed by atoms with Crippen molar-refractivity contribution in [3.05, 3.63) is 89.0 Å². The molecule has 1 saturated heterocycles. The van der Waals surface area contributed by atoms with Crippen LogP contribution < -0.4 is 9.64 Å². The molecule has 1 heterocycles. The average molecular weight is 455 g/mol. The fourth-order valence-corrected chi connectivity index (χ4v) is 5.34. The van der Waals surface area contributed by atoms with Gasteiger partial charge < -0.3 is 14.7 Å². The van der Waals surface area contributed by atoms with Crippen LogP contribution in [0.15, 0.2) is 66.7 Å². The van der Waals surface area contributed by atoms with E-state index in [2.05, 4.69) is 60.0 Å². The fourth-order valence-electron chi connectivity index (χ4n) is 5.34. The van der Waals surface area contributed by atoms with Gasteiger partial charge in [0.25, 0.3) is 0 Å². The summed E-state index contributed by atoms with van der Waals surface area (Å²) in [5.41, 5.74) is 8.27. The van der Waals surface area contributed by atoms with Crippen LogP contribution in [-0.2, 0) is 6.42 Å². The maximum absolute atomic E-state index is 10.7. The second kappa shape index (κ2) is 9.55. The predicted octanol–water partition coefficient (Wildman–Crippen LogP) is 5.84. The number of phenols is 1. The summed E-state index contributed by atoms with van der Waals surface area (Å²) in [7, 11) is 1.71. The third kappa shape index (κ3) is 4.30. The van der Waals surface area contributed by atoms with E-state index in [4.69, 9.17) is 4.74 Å². The summed E-state index contributed by atoms with van der Waals surface area (Å²) in [6, 6.07) is 23.7. The molecule has 2 aliphatic rings. The lowest BCUT2D eigenvalue weighted by Gasteiger charge is -2.38. The van der Waals surface area contributed by atoms with Crippen LogP contribution in [0.3, 0.4) is 0 Å². The zero-order valence-electron chi connectivity index (χ0n) is 20.4. The molecule has 1 aliphatic heterocycles. The van der Waals surface area contributed by atoms with Gasteiger partial charge in [0, 0.05) is 43.5 Å². The maximum Gasteiger partial charge on any atom is 0.123 e. The van der Waals surface area contributed by atoms with Crippen LogP contribution >= 0.6 is 0 Å². The number of ether oxygens (including phenoxy) is 1. The van der Waals surface area contributed by atoms with Gasteiger partial charge in [-0.3, -0.25) is 4.90 Å². The van der Waals surface area contributed by atoms with Crippen molar-refractivity contribution >= 4 is 16.8 Å². The zero-order chi connectivity index (χ0) is 23.7. The highest BCUT2D eigenvalue weighted by atomic mass is 16.5. The number of aromatic hydroxyl groups is 1. The molecule has 4 nitrogen and oxygen atoms in total. The van der Waals surface area contributed by atoms with Crippen molar-refractivity contribution in [2.45, 2.75) is 32.7 Å². The predicted molar refractivity (Wildman–Crippen MR) is 141 cm³/mol. The van der Waals surface area contributed by atoms with Crippen molar-refractivity contribution in [2.75, 3.05) is 38.2 Å². The number of anilines is 1. The minimum atomic E-state index is 0.334. The number of benzene rings is 3. The molecule has 0 aromatic heterocycles. The van der Waals surface area contributed by atoms with Gasteiger partial charge in [-0.2, -0.15) is 0 Å². The van der Waals surface area contributed by atoms with Gasteiger partial charge in [-0.05, 0) is 84.9 Å². The Morgan fingerprint density at radius 1 is 0.824 bits per heavy atom. The van der Waals surface area contributed by atoms with Gasteiger partial charge in [0.2, 0.25) is 0 Å². The van der Waals surface area contributed by atoms with Gasteiger partial charge in [0.15, 0.2) is 0 Å². The van der Waals surface area contributed by atoms with Crippen molar-refractivity contribution in [3.63, 3.8) is 0 Å². The monoisotopic (exact) mass is 454 g/mol. The molecule has 3 aromatic carbocycles. The highest BCUT2D eigenvalue weighted by Gasteiger charge is 2.24. The number of rotatable bonds is 5. The molecular weight excluding hydrogens is 420 g/mol. The van der Waals surface area contributed by atoms with Crippen LogP contribution in [0.2, 0.25) is 0 Å². The van der Waals surface area contributed by atoms with E-state index in [-0.39, 0.29) is 0 Å². The lowest BCUT2D eigenvalue weighted by molar-refractivity contribution is 0.209. The first-order valence-electron chi connectivity index (χ1n) is 12.3. The first-order valence-corrected chi connectivity index (χ1v) is 12.3. The summed E-state index contributed by atoms with van der Waals surface area (Å²) in [5.74, 6) is 1.19.